The molecule has 0 bridgehead atoms. The third-order valence-electron chi connectivity index (χ3n) is 6.53. The molecule has 0 aliphatic rings. The zero-order valence-corrected chi connectivity index (χ0v) is 24.9. The van der Waals surface area contributed by atoms with Crippen LogP contribution in [0.4, 0.5) is 5.69 Å². The van der Waals surface area contributed by atoms with Crippen molar-refractivity contribution in [2.45, 2.75) is 71.8 Å². The third-order valence-corrected chi connectivity index (χ3v) is 8.06. The maximum atomic E-state index is 13.1. The first-order valence-electron chi connectivity index (χ1n) is 12.9. The van der Waals surface area contributed by atoms with Gasteiger partial charge in [0.05, 0.1) is 28.3 Å². The van der Waals surface area contributed by atoms with Crippen LogP contribution in [0.15, 0.2) is 47.4 Å². The van der Waals surface area contributed by atoms with Crippen LogP contribution in [0.25, 0.3) is 0 Å². The van der Waals surface area contributed by atoms with Crippen molar-refractivity contribution in [2.75, 3.05) is 11.3 Å². The first-order valence-corrected chi connectivity index (χ1v) is 14.4. The van der Waals surface area contributed by atoms with Crippen LogP contribution in [0.5, 0.6) is 0 Å². The summed E-state index contributed by atoms with van der Waals surface area (Å²) in [5.41, 5.74) is 3.03. The van der Waals surface area contributed by atoms with Gasteiger partial charge in [0.2, 0.25) is 5.78 Å². The molecule has 2 N–H and O–H groups in total. The van der Waals surface area contributed by atoms with Crippen LogP contribution in [-0.4, -0.2) is 43.8 Å². The third kappa shape index (κ3) is 6.62. The molecule has 214 valence electrons. The standard InChI is InChI=1S/C30H36N2O7S/c1-9-38-29(35)25-18(3)26(31-19(25)4)27(33)20(5)39-28(34)21-11-14-23(15-12-21)32-40(36,37)24-16-22(30(6,7)8)13-10-17(24)2/h10-16,20,31-32H,9H2,1-8H3/t20-/m0/s1. The Kier molecular flexibility index (Phi) is 8.94. The first kappa shape index (κ1) is 30.6. The summed E-state index contributed by atoms with van der Waals surface area (Å²) in [6, 6.07) is 11.1. The normalized spacial score (nSPS) is 12.5. The van der Waals surface area contributed by atoms with Gasteiger partial charge >= 0.3 is 11.9 Å². The number of aromatic nitrogens is 1. The molecule has 1 aromatic heterocycles. The molecule has 1 atom stereocenters. The number of carbonyl (C=O) groups is 3. The molecular weight excluding hydrogens is 532 g/mol. The van der Waals surface area contributed by atoms with E-state index in [9.17, 15) is 22.8 Å². The van der Waals surface area contributed by atoms with Crippen LogP contribution in [0, 0.1) is 20.8 Å². The Balaban J connectivity index is 1.73. The topological polar surface area (TPSA) is 132 Å². The fraction of sp³-hybridized carbons (Fsp3) is 0.367. The summed E-state index contributed by atoms with van der Waals surface area (Å²) in [6.45, 7) is 14.4. The fourth-order valence-corrected chi connectivity index (χ4v) is 5.56. The minimum atomic E-state index is -3.88. The van der Waals surface area contributed by atoms with Gasteiger partial charge in [-0.05, 0) is 87.1 Å². The Morgan fingerprint density at radius 1 is 0.975 bits per heavy atom. The second-order valence-electron chi connectivity index (χ2n) is 10.7. The zero-order chi connectivity index (χ0) is 30.0. The molecule has 0 saturated carbocycles. The number of sulfonamides is 1. The zero-order valence-electron chi connectivity index (χ0n) is 24.1. The molecule has 2 aromatic carbocycles. The minimum Gasteiger partial charge on any atom is -0.462 e. The van der Waals surface area contributed by atoms with Gasteiger partial charge in [-0.15, -0.1) is 0 Å². The fourth-order valence-electron chi connectivity index (χ4n) is 4.23. The summed E-state index contributed by atoms with van der Waals surface area (Å²) in [7, 11) is -3.88. The second-order valence-corrected chi connectivity index (χ2v) is 12.3. The number of anilines is 1. The molecule has 0 fully saturated rings. The Hall–Kier alpha value is -3.92. The molecule has 0 spiro atoms. The molecule has 0 amide bonds. The van der Waals surface area contributed by atoms with Gasteiger partial charge in [-0.25, -0.2) is 18.0 Å². The number of nitrogens with one attached hydrogen (secondary N) is 2. The van der Waals surface area contributed by atoms with E-state index in [4.69, 9.17) is 9.47 Å². The number of aryl methyl sites for hydroxylation is 2. The van der Waals surface area contributed by atoms with Gasteiger partial charge in [0.1, 0.15) is 0 Å². The quantitative estimate of drug-likeness (QED) is 0.252. The van der Waals surface area contributed by atoms with E-state index in [1.807, 2.05) is 26.8 Å². The van der Waals surface area contributed by atoms with Gasteiger partial charge in [0, 0.05) is 11.4 Å². The van der Waals surface area contributed by atoms with Crippen LogP contribution < -0.4 is 4.72 Å². The maximum absolute atomic E-state index is 13.1. The minimum absolute atomic E-state index is 0.139. The van der Waals surface area contributed by atoms with Crippen molar-refractivity contribution >= 4 is 33.4 Å². The van der Waals surface area contributed by atoms with Gasteiger partial charge < -0.3 is 14.5 Å². The number of aromatic amines is 1. The van der Waals surface area contributed by atoms with Gasteiger partial charge in [-0.1, -0.05) is 32.9 Å². The average molecular weight is 569 g/mol. The highest BCUT2D eigenvalue weighted by atomic mass is 32.2. The van der Waals surface area contributed by atoms with Crippen molar-refractivity contribution in [3.8, 4) is 0 Å². The number of esters is 2. The molecule has 0 unspecified atom stereocenters. The molecular formula is C30H36N2O7S. The highest BCUT2D eigenvalue weighted by molar-refractivity contribution is 7.92. The van der Waals surface area contributed by atoms with E-state index in [-0.39, 0.29) is 39.4 Å². The monoisotopic (exact) mass is 568 g/mol. The molecule has 10 heteroatoms. The van der Waals surface area contributed by atoms with Gasteiger partial charge in [-0.3, -0.25) is 9.52 Å². The molecule has 1 heterocycles. The van der Waals surface area contributed by atoms with E-state index in [0.29, 0.717) is 16.8 Å². The second kappa shape index (κ2) is 11.7. The molecule has 40 heavy (non-hydrogen) atoms. The molecule has 3 aromatic rings. The Bertz CT molecular complexity index is 1550. The predicted octanol–water partition coefficient (Wildman–Crippen LogP) is 5.64. The van der Waals surface area contributed by atoms with Gasteiger partial charge in [0.15, 0.2) is 6.10 Å². The summed E-state index contributed by atoms with van der Waals surface area (Å²) in [6.07, 6.45) is -1.14. The summed E-state index contributed by atoms with van der Waals surface area (Å²) in [4.78, 5) is 41.1. The van der Waals surface area contributed by atoms with Crippen LogP contribution in [0.1, 0.15) is 88.2 Å². The average Bonchev–Trinajstić information content (AvgIpc) is 3.16. The molecule has 0 saturated heterocycles. The van der Waals surface area contributed by atoms with Crippen molar-refractivity contribution in [3.05, 3.63) is 81.7 Å². The van der Waals surface area contributed by atoms with Crippen LogP contribution >= 0.6 is 0 Å². The largest absolute Gasteiger partial charge is 0.462 e. The van der Waals surface area contributed by atoms with Gasteiger partial charge in [0.25, 0.3) is 10.0 Å². The van der Waals surface area contributed by atoms with Crippen molar-refractivity contribution in [1.29, 1.82) is 0 Å². The Labute approximate surface area is 235 Å². The first-order chi connectivity index (χ1) is 18.6. The summed E-state index contributed by atoms with van der Waals surface area (Å²) in [5, 5.41) is 0. The van der Waals surface area contributed by atoms with E-state index in [2.05, 4.69) is 9.71 Å². The van der Waals surface area contributed by atoms with E-state index in [0.717, 1.165) is 5.56 Å². The SMILES string of the molecule is CCOC(=O)c1c(C)[nH]c(C(=O)[C@H](C)OC(=O)c2ccc(NS(=O)(=O)c3cc(C(C)(C)C)ccc3C)cc2)c1C. The number of carbonyl (C=O) groups excluding carboxylic acids is 3. The lowest BCUT2D eigenvalue weighted by Gasteiger charge is -2.21. The molecule has 0 aliphatic heterocycles. The number of benzene rings is 2. The Morgan fingerprint density at radius 3 is 2.17 bits per heavy atom. The lowest BCUT2D eigenvalue weighted by Crippen LogP contribution is -2.25. The van der Waals surface area contributed by atoms with Crippen LogP contribution in [-0.2, 0) is 24.9 Å². The molecule has 3 rings (SSSR count). The Morgan fingerprint density at radius 2 is 1.60 bits per heavy atom. The number of hydrogen-bond acceptors (Lipinski definition) is 7. The molecule has 0 radical (unpaired) electrons. The van der Waals surface area contributed by atoms with E-state index in [1.54, 1.807) is 39.8 Å². The molecule has 9 nitrogen and oxygen atoms in total. The number of Topliss-reactive ketones (excluding diaryl/α,β-unsaturated/α-hetero) is 1. The summed E-state index contributed by atoms with van der Waals surface area (Å²) in [5.74, 6) is -1.79. The van der Waals surface area contributed by atoms with Crippen molar-refractivity contribution in [1.82, 2.24) is 4.98 Å². The number of hydrogen-bond donors (Lipinski definition) is 2. The number of ether oxygens (including phenoxy) is 2. The highest BCUT2D eigenvalue weighted by Gasteiger charge is 2.28. The number of ketones is 1. The summed E-state index contributed by atoms with van der Waals surface area (Å²) < 4.78 is 39.3. The van der Waals surface area contributed by atoms with E-state index >= 15 is 0 Å². The van der Waals surface area contributed by atoms with E-state index in [1.165, 1.54) is 31.2 Å². The van der Waals surface area contributed by atoms with Crippen molar-refractivity contribution in [2.24, 2.45) is 0 Å². The van der Waals surface area contributed by atoms with Gasteiger partial charge in [-0.2, -0.15) is 0 Å². The van der Waals surface area contributed by atoms with E-state index < -0.39 is 33.8 Å². The maximum Gasteiger partial charge on any atom is 0.340 e. The van der Waals surface area contributed by atoms with Crippen molar-refractivity contribution < 1.29 is 32.3 Å². The lowest BCUT2D eigenvalue weighted by molar-refractivity contribution is 0.0316. The number of H-pyrrole nitrogens is 1. The predicted molar refractivity (Wildman–Crippen MR) is 153 cm³/mol. The van der Waals surface area contributed by atoms with Crippen molar-refractivity contribution in [3.63, 3.8) is 0 Å². The smallest absolute Gasteiger partial charge is 0.340 e. The lowest BCUT2D eigenvalue weighted by atomic mass is 9.87. The van der Waals surface area contributed by atoms with Crippen LogP contribution in [0.3, 0.4) is 0 Å². The number of rotatable bonds is 9. The highest BCUT2D eigenvalue weighted by Crippen LogP contribution is 2.28. The summed E-state index contributed by atoms with van der Waals surface area (Å²) >= 11 is 0. The molecule has 0 aliphatic carbocycles. The van der Waals surface area contributed by atoms with Crippen LogP contribution in [0.2, 0.25) is 0 Å².